The summed E-state index contributed by atoms with van der Waals surface area (Å²) in [5.41, 5.74) is 0. The Bertz CT molecular complexity index is 459. The Balaban J connectivity index is 1.57. The standard InChI is InChI=1S/C12H17N5/c1-2-10(12-16-5-7-17(12)6-1)8-13-9-11-14-3-4-15-11/h3-5,7,10,13H,1-2,6,8-9H2,(H,14,15)/t10-/m1/s1. The summed E-state index contributed by atoms with van der Waals surface area (Å²) in [6.45, 7) is 2.88. The maximum Gasteiger partial charge on any atom is 0.120 e. The quantitative estimate of drug-likeness (QED) is 0.833. The zero-order valence-corrected chi connectivity index (χ0v) is 9.76. The molecule has 0 aliphatic carbocycles. The first kappa shape index (κ1) is 10.5. The van der Waals surface area contributed by atoms with Crippen LogP contribution in [0.1, 0.15) is 30.4 Å². The molecule has 0 saturated carbocycles. The number of H-pyrrole nitrogens is 1. The fourth-order valence-electron chi connectivity index (χ4n) is 2.46. The van der Waals surface area contributed by atoms with E-state index in [1.165, 1.54) is 18.7 Å². The van der Waals surface area contributed by atoms with Gasteiger partial charge in [0.1, 0.15) is 11.6 Å². The summed E-state index contributed by atoms with van der Waals surface area (Å²) in [5, 5.41) is 3.44. The first-order valence-corrected chi connectivity index (χ1v) is 6.13. The summed E-state index contributed by atoms with van der Waals surface area (Å²) in [6, 6.07) is 0. The first-order chi connectivity index (χ1) is 8.43. The van der Waals surface area contributed by atoms with Crippen molar-refractivity contribution in [3.05, 3.63) is 36.4 Å². The summed E-state index contributed by atoms with van der Waals surface area (Å²) in [6.07, 6.45) is 10.1. The van der Waals surface area contributed by atoms with Gasteiger partial charge in [0.05, 0.1) is 6.54 Å². The third-order valence-electron chi connectivity index (χ3n) is 3.30. The molecular weight excluding hydrogens is 214 g/mol. The molecule has 17 heavy (non-hydrogen) atoms. The molecule has 2 aromatic heterocycles. The van der Waals surface area contributed by atoms with Crippen molar-refractivity contribution < 1.29 is 0 Å². The van der Waals surface area contributed by atoms with Crippen molar-refractivity contribution in [1.29, 1.82) is 0 Å². The van der Waals surface area contributed by atoms with Crippen LogP contribution in [-0.4, -0.2) is 26.1 Å². The van der Waals surface area contributed by atoms with E-state index in [1.54, 1.807) is 6.20 Å². The minimum atomic E-state index is 0.536. The third-order valence-corrected chi connectivity index (χ3v) is 3.30. The summed E-state index contributed by atoms with van der Waals surface area (Å²) >= 11 is 0. The molecule has 5 heteroatoms. The second-order valence-corrected chi connectivity index (χ2v) is 4.48. The Hall–Kier alpha value is -1.62. The van der Waals surface area contributed by atoms with Crippen LogP contribution in [0.4, 0.5) is 0 Å². The Kier molecular flexibility index (Phi) is 2.92. The molecule has 3 rings (SSSR count). The molecule has 2 N–H and O–H groups in total. The number of nitrogens with zero attached hydrogens (tertiary/aromatic N) is 3. The summed E-state index contributed by atoms with van der Waals surface area (Å²) in [5.74, 6) is 2.75. The number of hydrogen-bond donors (Lipinski definition) is 2. The van der Waals surface area contributed by atoms with Crippen LogP contribution in [0, 0.1) is 0 Å². The molecule has 0 spiro atoms. The topological polar surface area (TPSA) is 58.5 Å². The highest BCUT2D eigenvalue weighted by Crippen LogP contribution is 2.24. The van der Waals surface area contributed by atoms with Gasteiger partial charge in [-0.15, -0.1) is 0 Å². The van der Waals surface area contributed by atoms with Crippen molar-refractivity contribution in [2.45, 2.75) is 31.8 Å². The minimum Gasteiger partial charge on any atom is -0.348 e. The Morgan fingerprint density at radius 2 is 2.41 bits per heavy atom. The number of aromatic nitrogens is 4. The van der Waals surface area contributed by atoms with E-state index in [9.17, 15) is 0 Å². The van der Waals surface area contributed by atoms with Gasteiger partial charge in [-0.1, -0.05) is 0 Å². The lowest BCUT2D eigenvalue weighted by Crippen LogP contribution is -2.26. The van der Waals surface area contributed by atoms with E-state index < -0.39 is 0 Å². The number of imidazole rings is 2. The summed E-state index contributed by atoms with van der Waals surface area (Å²) < 4.78 is 2.27. The third kappa shape index (κ3) is 2.24. The zero-order valence-electron chi connectivity index (χ0n) is 9.76. The number of aryl methyl sites for hydroxylation is 1. The van der Waals surface area contributed by atoms with E-state index in [-0.39, 0.29) is 0 Å². The molecular formula is C12H17N5. The molecule has 0 radical (unpaired) electrons. The number of fused-ring (bicyclic) bond motifs is 1. The summed E-state index contributed by atoms with van der Waals surface area (Å²) in [4.78, 5) is 11.7. The smallest absolute Gasteiger partial charge is 0.120 e. The van der Waals surface area contributed by atoms with E-state index in [0.29, 0.717) is 5.92 Å². The van der Waals surface area contributed by atoms with E-state index in [0.717, 1.165) is 25.5 Å². The molecule has 5 nitrogen and oxygen atoms in total. The van der Waals surface area contributed by atoms with Gasteiger partial charge < -0.3 is 14.9 Å². The van der Waals surface area contributed by atoms with E-state index in [1.807, 2.05) is 12.4 Å². The predicted molar refractivity (Wildman–Crippen MR) is 64.5 cm³/mol. The normalized spacial score (nSPS) is 19.2. The van der Waals surface area contributed by atoms with Gasteiger partial charge in [0, 0.05) is 43.8 Å². The van der Waals surface area contributed by atoms with Crippen molar-refractivity contribution in [3.63, 3.8) is 0 Å². The molecule has 0 amide bonds. The van der Waals surface area contributed by atoms with Gasteiger partial charge in [0.15, 0.2) is 0 Å². The molecule has 0 aromatic carbocycles. The fourth-order valence-corrected chi connectivity index (χ4v) is 2.46. The van der Waals surface area contributed by atoms with Crippen LogP contribution in [0.2, 0.25) is 0 Å². The molecule has 0 saturated heterocycles. The molecule has 1 aliphatic rings. The Morgan fingerprint density at radius 3 is 3.29 bits per heavy atom. The molecule has 0 fully saturated rings. The molecule has 90 valence electrons. The second-order valence-electron chi connectivity index (χ2n) is 4.48. The van der Waals surface area contributed by atoms with Crippen molar-refractivity contribution in [1.82, 2.24) is 24.8 Å². The van der Waals surface area contributed by atoms with Crippen molar-refractivity contribution >= 4 is 0 Å². The van der Waals surface area contributed by atoms with Gasteiger partial charge >= 0.3 is 0 Å². The maximum absolute atomic E-state index is 4.45. The number of hydrogen-bond acceptors (Lipinski definition) is 3. The van der Waals surface area contributed by atoms with Gasteiger partial charge in [-0.25, -0.2) is 9.97 Å². The SMILES string of the molecule is c1c[nH]c(CNC[C@H]2CCCn3ccnc32)n1. The average molecular weight is 231 g/mol. The van der Waals surface area contributed by atoms with Crippen LogP contribution in [0.3, 0.4) is 0 Å². The predicted octanol–water partition coefficient (Wildman–Crippen LogP) is 1.27. The lowest BCUT2D eigenvalue weighted by molar-refractivity contribution is 0.421. The number of rotatable bonds is 4. The lowest BCUT2D eigenvalue weighted by atomic mass is 9.99. The van der Waals surface area contributed by atoms with Gasteiger partial charge in [-0.05, 0) is 12.8 Å². The largest absolute Gasteiger partial charge is 0.348 e. The number of nitrogens with one attached hydrogen (secondary N) is 2. The van der Waals surface area contributed by atoms with Crippen LogP contribution in [-0.2, 0) is 13.1 Å². The molecule has 0 bridgehead atoms. The molecule has 1 aliphatic heterocycles. The van der Waals surface area contributed by atoms with Gasteiger partial charge in [-0.2, -0.15) is 0 Å². The Labute approximate surface area is 100 Å². The van der Waals surface area contributed by atoms with Gasteiger partial charge in [-0.3, -0.25) is 0 Å². The molecule has 3 heterocycles. The molecule has 0 unspecified atom stereocenters. The Morgan fingerprint density at radius 1 is 1.41 bits per heavy atom. The van der Waals surface area contributed by atoms with E-state index in [2.05, 4.69) is 31.0 Å². The maximum atomic E-state index is 4.45. The van der Waals surface area contributed by atoms with E-state index in [4.69, 9.17) is 0 Å². The average Bonchev–Trinajstić information content (AvgIpc) is 2.99. The van der Waals surface area contributed by atoms with Crippen LogP contribution in [0.15, 0.2) is 24.8 Å². The monoisotopic (exact) mass is 231 g/mol. The summed E-state index contributed by atoms with van der Waals surface area (Å²) in [7, 11) is 0. The van der Waals surface area contributed by atoms with Crippen molar-refractivity contribution in [3.8, 4) is 0 Å². The zero-order chi connectivity index (χ0) is 11.5. The highest BCUT2D eigenvalue weighted by Gasteiger charge is 2.20. The van der Waals surface area contributed by atoms with Crippen LogP contribution in [0.25, 0.3) is 0 Å². The first-order valence-electron chi connectivity index (χ1n) is 6.13. The van der Waals surface area contributed by atoms with Gasteiger partial charge in [0.2, 0.25) is 0 Å². The minimum absolute atomic E-state index is 0.536. The lowest BCUT2D eigenvalue weighted by Gasteiger charge is -2.23. The van der Waals surface area contributed by atoms with Crippen LogP contribution >= 0.6 is 0 Å². The second kappa shape index (κ2) is 4.71. The van der Waals surface area contributed by atoms with Gasteiger partial charge in [0.25, 0.3) is 0 Å². The van der Waals surface area contributed by atoms with Crippen LogP contribution < -0.4 is 5.32 Å². The number of aromatic amines is 1. The van der Waals surface area contributed by atoms with Crippen LogP contribution in [0.5, 0.6) is 0 Å². The molecule has 2 aromatic rings. The highest BCUT2D eigenvalue weighted by molar-refractivity contribution is 5.04. The highest BCUT2D eigenvalue weighted by atomic mass is 15.1. The van der Waals surface area contributed by atoms with E-state index >= 15 is 0 Å². The molecule has 1 atom stereocenters. The van der Waals surface area contributed by atoms with Crippen molar-refractivity contribution in [2.24, 2.45) is 0 Å². The fraction of sp³-hybridized carbons (Fsp3) is 0.500. The van der Waals surface area contributed by atoms with Crippen molar-refractivity contribution in [2.75, 3.05) is 6.54 Å².